The summed E-state index contributed by atoms with van der Waals surface area (Å²) in [6, 6.07) is 9.67. The van der Waals surface area contributed by atoms with E-state index in [9.17, 15) is 4.79 Å². The molecule has 4 nitrogen and oxygen atoms in total. The molecule has 0 aromatic heterocycles. The second kappa shape index (κ2) is 8.45. The fraction of sp³-hybridized carbons (Fsp3) is 0.263. The molecule has 0 fully saturated rings. The molecule has 0 saturated heterocycles. The van der Waals surface area contributed by atoms with Crippen molar-refractivity contribution >= 4 is 44.9 Å². The van der Waals surface area contributed by atoms with Crippen molar-refractivity contribution in [2.75, 3.05) is 12.4 Å². The zero-order valence-corrected chi connectivity index (χ0v) is 17.1. The van der Waals surface area contributed by atoms with Crippen molar-refractivity contribution in [1.29, 1.82) is 0 Å². The molecular formula is C19H21BrN2O2S. The summed E-state index contributed by atoms with van der Waals surface area (Å²) in [6.07, 6.45) is 0.874. The quantitative estimate of drug-likeness (QED) is 0.699. The number of ether oxygens (including phenoxy) is 1. The lowest BCUT2D eigenvalue weighted by atomic mass is 10.1. The van der Waals surface area contributed by atoms with Crippen molar-refractivity contribution in [2.45, 2.75) is 27.2 Å². The zero-order chi connectivity index (χ0) is 18.6. The van der Waals surface area contributed by atoms with Crippen LogP contribution in [0.15, 0.2) is 34.8 Å². The van der Waals surface area contributed by atoms with Gasteiger partial charge in [-0.25, -0.2) is 0 Å². The molecule has 0 saturated carbocycles. The number of methoxy groups -OCH3 is 1. The lowest BCUT2D eigenvalue weighted by Gasteiger charge is -2.16. The molecule has 2 aromatic carbocycles. The molecule has 0 aliphatic heterocycles. The molecule has 2 aromatic rings. The number of hydrogen-bond acceptors (Lipinski definition) is 3. The monoisotopic (exact) mass is 420 g/mol. The number of amides is 1. The van der Waals surface area contributed by atoms with E-state index in [4.69, 9.17) is 17.0 Å². The number of nitrogens with one attached hydrogen (secondary N) is 2. The summed E-state index contributed by atoms with van der Waals surface area (Å²) in [7, 11) is 1.55. The Labute approximate surface area is 162 Å². The summed E-state index contributed by atoms with van der Waals surface area (Å²) >= 11 is 8.74. The number of anilines is 1. The van der Waals surface area contributed by atoms with E-state index in [-0.39, 0.29) is 11.0 Å². The van der Waals surface area contributed by atoms with E-state index in [1.54, 1.807) is 13.2 Å². The summed E-state index contributed by atoms with van der Waals surface area (Å²) in [6.45, 7) is 5.97. The molecule has 0 bridgehead atoms. The maximum atomic E-state index is 12.6. The summed E-state index contributed by atoms with van der Waals surface area (Å²) in [5.41, 5.74) is 4.46. The van der Waals surface area contributed by atoms with Crippen LogP contribution in [0.1, 0.15) is 34.0 Å². The molecule has 0 spiro atoms. The van der Waals surface area contributed by atoms with E-state index in [1.807, 2.05) is 38.1 Å². The van der Waals surface area contributed by atoms with Gasteiger partial charge in [-0.15, -0.1) is 0 Å². The molecule has 0 aliphatic rings. The molecular weight excluding hydrogens is 400 g/mol. The molecule has 25 heavy (non-hydrogen) atoms. The van der Waals surface area contributed by atoms with Gasteiger partial charge in [0.25, 0.3) is 5.91 Å². The number of carbonyl (C=O) groups is 1. The number of halogens is 1. The highest BCUT2D eigenvalue weighted by Crippen LogP contribution is 2.28. The molecule has 1 amide bonds. The van der Waals surface area contributed by atoms with Gasteiger partial charge in [0.1, 0.15) is 5.75 Å². The van der Waals surface area contributed by atoms with Crippen LogP contribution in [0.25, 0.3) is 0 Å². The van der Waals surface area contributed by atoms with Gasteiger partial charge in [0.2, 0.25) is 0 Å². The molecule has 0 aliphatic carbocycles. The Balaban J connectivity index is 2.21. The molecule has 0 radical (unpaired) electrons. The van der Waals surface area contributed by atoms with E-state index < -0.39 is 0 Å². The van der Waals surface area contributed by atoms with Gasteiger partial charge in [-0.3, -0.25) is 10.1 Å². The first-order valence-electron chi connectivity index (χ1n) is 7.92. The SMILES string of the molecule is CCc1cccc(C)c1NC(=S)NC(=O)c1cc(Br)cc(C)c1OC. The van der Waals surface area contributed by atoms with Crippen LogP contribution < -0.4 is 15.4 Å². The minimum atomic E-state index is -0.314. The molecule has 132 valence electrons. The standard InChI is InChI=1S/C19H21BrN2O2S/c1-5-13-8-6-7-11(2)16(13)21-19(25)22-18(23)15-10-14(20)9-12(3)17(15)24-4/h6-10H,5H2,1-4H3,(H2,21,22,23,25). The van der Waals surface area contributed by atoms with Gasteiger partial charge in [-0.1, -0.05) is 41.1 Å². The van der Waals surface area contributed by atoms with Crippen molar-refractivity contribution in [3.63, 3.8) is 0 Å². The van der Waals surface area contributed by atoms with Crippen LogP contribution in [-0.4, -0.2) is 18.1 Å². The van der Waals surface area contributed by atoms with Gasteiger partial charge in [0, 0.05) is 10.2 Å². The number of aryl methyl sites for hydroxylation is 3. The van der Waals surface area contributed by atoms with E-state index >= 15 is 0 Å². The molecule has 0 atom stereocenters. The van der Waals surface area contributed by atoms with Crippen LogP contribution in [0.2, 0.25) is 0 Å². The van der Waals surface area contributed by atoms with Crippen LogP contribution in [-0.2, 0) is 6.42 Å². The van der Waals surface area contributed by atoms with Crippen LogP contribution in [0.5, 0.6) is 5.75 Å². The number of hydrogen-bond donors (Lipinski definition) is 2. The summed E-state index contributed by atoms with van der Waals surface area (Å²) in [5.74, 6) is 0.221. The third-order valence-corrected chi connectivity index (χ3v) is 4.56. The average molecular weight is 421 g/mol. The topological polar surface area (TPSA) is 50.4 Å². The number of carbonyl (C=O) groups excluding carboxylic acids is 1. The van der Waals surface area contributed by atoms with Crippen LogP contribution >= 0.6 is 28.1 Å². The maximum Gasteiger partial charge on any atom is 0.261 e. The largest absolute Gasteiger partial charge is 0.496 e. The normalized spacial score (nSPS) is 10.3. The first kappa shape index (κ1) is 19.4. The van der Waals surface area contributed by atoms with Crippen LogP contribution in [0.4, 0.5) is 5.69 Å². The van der Waals surface area contributed by atoms with E-state index in [2.05, 4.69) is 33.5 Å². The number of thiocarbonyl (C=S) groups is 1. The second-order valence-corrected chi connectivity index (χ2v) is 7.00. The Kier molecular flexibility index (Phi) is 6.56. The molecule has 2 rings (SSSR count). The van der Waals surface area contributed by atoms with E-state index in [0.717, 1.165) is 33.3 Å². The Hall–Kier alpha value is -1.92. The first-order chi connectivity index (χ1) is 11.9. The number of benzene rings is 2. The Morgan fingerprint density at radius 1 is 1.24 bits per heavy atom. The van der Waals surface area contributed by atoms with Gasteiger partial charge >= 0.3 is 0 Å². The number of para-hydroxylation sites is 1. The minimum Gasteiger partial charge on any atom is -0.496 e. The van der Waals surface area contributed by atoms with Gasteiger partial charge < -0.3 is 10.1 Å². The average Bonchev–Trinajstić information content (AvgIpc) is 2.55. The van der Waals surface area contributed by atoms with Gasteiger partial charge in [-0.2, -0.15) is 0 Å². The van der Waals surface area contributed by atoms with Crippen molar-refractivity contribution in [2.24, 2.45) is 0 Å². The summed E-state index contributed by atoms with van der Waals surface area (Å²) in [4.78, 5) is 12.6. The summed E-state index contributed by atoms with van der Waals surface area (Å²) in [5, 5.41) is 6.14. The van der Waals surface area contributed by atoms with Crippen molar-refractivity contribution in [3.8, 4) is 5.75 Å². The Morgan fingerprint density at radius 2 is 1.96 bits per heavy atom. The number of rotatable bonds is 4. The lowest BCUT2D eigenvalue weighted by molar-refractivity contribution is 0.0974. The van der Waals surface area contributed by atoms with Gasteiger partial charge in [0.05, 0.1) is 12.7 Å². The predicted molar refractivity (Wildman–Crippen MR) is 110 cm³/mol. The first-order valence-corrected chi connectivity index (χ1v) is 9.12. The van der Waals surface area contributed by atoms with Crippen molar-refractivity contribution in [1.82, 2.24) is 5.32 Å². The second-order valence-electron chi connectivity index (χ2n) is 5.67. The van der Waals surface area contributed by atoms with Crippen LogP contribution in [0, 0.1) is 13.8 Å². The Morgan fingerprint density at radius 3 is 2.60 bits per heavy atom. The smallest absolute Gasteiger partial charge is 0.261 e. The third kappa shape index (κ3) is 4.58. The highest BCUT2D eigenvalue weighted by molar-refractivity contribution is 9.10. The predicted octanol–water partition coefficient (Wildman–Crippen LogP) is 4.76. The fourth-order valence-corrected chi connectivity index (χ4v) is 3.45. The van der Waals surface area contributed by atoms with Crippen LogP contribution in [0.3, 0.4) is 0 Å². The summed E-state index contributed by atoms with van der Waals surface area (Å²) < 4.78 is 6.17. The highest BCUT2D eigenvalue weighted by atomic mass is 79.9. The van der Waals surface area contributed by atoms with E-state index in [0.29, 0.717) is 11.3 Å². The minimum absolute atomic E-state index is 0.258. The van der Waals surface area contributed by atoms with Crippen molar-refractivity contribution in [3.05, 3.63) is 57.1 Å². The van der Waals surface area contributed by atoms with Gasteiger partial charge in [-0.05, 0) is 61.3 Å². The third-order valence-electron chi connectivity index (χ3n) is 3.89. The Bertz CT molecular complexity index is 821. The highest BCUT2D eigenvalue weighted by Gasteiger charge is 2.17. The molecule has 6 heteroatoms. The molecule has 2 N–H and O–H groups in total. The van der Waals surface area contributed by atoms with Crippen molar-refractivity contribution < 1.29 is 9.53 Å². The lowest BCUT2D eigenvalue weighted by Crippen LogP contribution is -2.34. The zero-order valence-electron chi connectivity index (χ0n) is 14.7. The maximum absolute atomic E-state index is 12.6. The molecule has 0 unspecified atom stereocenters. The van der Waals surface area contributed by atoms with Gasteiger partial charge in [0.15, 0.2) is 5.11 Å². The molecule has 0 heterocycles. The van der Waals surface area contributed by atoms with E-state index in [1.165, 1.54) is 0 Å². The fourth-order valence-electron chi connectivity index (χ4n) is 2.69.